The van der Waals surface area contributed by atoms with Crippen LogP contribution in [0, 0.1) is 0 Å². The van der Waals surface area contributed by atoms with E-state index in [0.717, 1.165) is 18.5 Å². The van der Waals surface area contributed by atoms with Gasteiger partial charge in [-0.25, -0.2) is 4.98 Å². The van der Waals surface area contributed by atoms with Crippen LogP contribution in [0.4, 0.5) is 0 Å². The molecule has 0 aromatic carbocycles. The zero-order valence-electron chi connectivity index (χ0n) is 9.82. The van der Waals surface area contributed by atoms with Gasteiger partial charge in [-0.1, -0.05) is 0 Å². The van der Waals surface area contributed by atoms with Crippen molar-refractivity contribution in [3.8, 4) is 0 Å². The summed E-state index contributed by atoms with van der Waals surface area (Å²) in [6.45, 7) is -0.292. The Bertz CT molecular complexity index is 437. The molecule has 2 rings (SSSR count). The quantitative estimate of drug-likeness (QED) is 0.720. The number of aliphatic carboxylic acids is 2. The summed E-state index contributed by atoms with van der Waals surface area (Å²) in [6, 6.07) is 0.444. The molecule has 0 amide bonds. The molecule has 0 bridgehead atoms. The molecule has 98 valence electrons. The summed E-state index contributed by atoms with van der Waals surface area (Å²) in [5.74, 6) is -2.07. The number of nitrogens with zero attached hydrogens (tertiary/aromatic N) is 3. The van der Waals surface area contributed by atoms with Crippen LogP contribution in [-0.2, 0) is 16.1 Å². The minimum Gasteiger partial charge on any atom is -0.480 e. The summed E-state index contributed by atoms with van der Waals surface area (Å²) in [6.07, 6.45) is 5.57. The molecule has 0 radical (unpaired) electrons. The largest absolute Gasteiger partial charge is 0.480 e. The van der Waals surface area contributed by atoms with E-state index in [1.165, 1.54) is 4.90 Å². The molecule has 1 aliphatic carbocycles. The van der Waals surface area contributed by atoms with E-state index >= 15 is 0 Å². The Hall–Kier alpha value is -1.89. The Balaban J connectivity index is 2.04. The van der Waals surface area contributed by atoms with Crippen molar-refractivity contribution in [1.82, 2.24) is 14.5 Å². The zero-order valence-corrected chi connectivity index (χ0v) is 9.82. The van der Waals surface area contributed by atoms with E-state index in [0.29, 0.717) is 6.04 Å². The van der Waals surface area contributed by atoms with Crippen LogP contribution in [0.5, 0.6) is 0 Å². The third kappa shape index (κ3) is 3.30. The first-order valence-corrected chi connectivity index (χ1v) is 5.73. The fourth-order valence-corrected chi connectivity index (χ4v) is 1.92. The number of carboxylic acids is 2. The maximum absolute atomic E-state index is 10.7. The van der Waals surface area contributed by atoms with Gasteiger partial charge in [-0.05, 0) is 12.8 Å². The summed E-state index contributed by atoms with van der Waals surface area (Å²) < 4.78 is 2.00. The standard InChI is InChI=1S/C11H15N3O4/c15-10(16)5-13(6-11(17)18)4-9-3-12-7-14(9)8-1-2-8/h3,7-8H,1-2,4-6H2,(H,15,16)(H,17,18). The van der Waals surface area contributed by atoms with Crippen LogP contribution in [-0.4, -0.2) is 49.7 Å². The van der Waals surface area contributed by atoms with Gasteiger partial charge in [0.15, 0.2) is 0 Å². The lowest BCUT2D eigenvalue weighted by Crippen LogP contribution is -2.34. The van der Waals surface area contributed by atoms with Gasteiger partial charge in [0.1, 0.15) is 0 Å². The molecule has 2 N–H and O–H groups in total. The zero-order chi connectivity index (χ0) is 13.1. The van der Waals surface area contributed by atoms with Crippen LogP contribution in [0.1, 0.15) is 24.6 Å². The van der Waals surface area contributed by atoms with E-state index in [-0.39, 0.29) is 19.6 Å². The fourth-order valence-electron chi connectivity index (χ4n) is 1.92. The second-order valence-electron chi connectivity index (χ2n) is 4.46. The number of carbonyl (C=O) groups is 2. The van der Waals surface area contributed by atoms with E-state index < -0.39 is 11.9 Å². The van der Waals surface area contributed by atoms with E-state index in [4.69, 9.17) is 10.2 Å². The summed E-state index contributed by atoms with van der Waals surface area (Å²) in [4.78, 5) is 26.8. The Morgan fingerprint density at radius 3 is 2.44 bits per heavy atom. The molecule has 1 aromatic rings. The number of carboxylic acid groups (broad SMARTS) is 2. The van der Waals surface area contributed by atoms with Gasteiger partial charge >= 0.3 is 11.9 Å². The molecule has 0 aliphatic heterocycles. The molecule has 0 unspecified atom stereocenters. The molecule has 1 aliphatic rings. The van der Waals surface area contributed by atoms with E-state index in [1.807, 2.05) is 4.57 Å². The van der Waals surface area contributed by atoms with E-state index in [2.05, 4.69) is 4.98 Å². The van der Waals surface area contributed by atoms with Gasteiger partial charge in [0.2, 0.25) is 0 Å². The van der Waals surface area contributed by atoms with Crippen molar-refractivity contribution >= 4 is 11.9 Å². The minimum atomic E-state index is -1.03. The maximum atomic E-state index is 10.7. The van der Waals surface area contributed by atoms with Gasteiger partial charge in [-0.15, -0.1) is 0 Å². The van der Waals surface area contributed by atoms with Crippen LogP contribution in [0.3, 0.4) is 0 Å². The van der Waals surface area contributed by atoms with Gasteiger partial charge in [-0.2, -0.15) is 0 Å². The summed E-state index contributed by atoms with van der Waals surface area (Å²) in [5, 5.41) is 17.5. The topological polar surface area (TPSA) is 95.7 Å². The van der Waals surface area contributed by atoms with Crippen molar-refractivity contribution in [1.29, 1.82) is 0 Å². The summed E-state index contributed by atoms with van der Waals surface area (Å²) >= 11 is 0. The Morgan fingerprint density at radius 2 is 1.94 bits per heavy atom. The lowest BCUT2D eigenvalue weighted by molar-refractivity contribution is -0.142. The van der Waals surface area contributed by atoms with Gasteiger partial charge < -0.3 is 14.8 Å². The first-order chi connectivity index (χ1) is 8.56. The number of imidazole rings is 1. The first-order valence-electron chi connectivity index (χ1n) is 5.73. The molecule has 1 saturated carbocycles. The van der Waals surface area contributed by atoms with Crippen molar-refractivity contribution in [2.45, 2.75) is 25.4 Å². The third-order valence-corrected chi connectivity index (χ3v) is 2.79. The second-order valence-corrected chi connectivity index (χ2v) is 4.46. The lowest BCUT2D eigenvalue weighted by Gasteiger charge is -2.18. The van der Waals surface area contributed by atoms with Crippen LogP contribution < -0.4 is 0 Å². The van der Waals surface area contributed by atoms with Crippen LogP contribution in [0.2, 0.25) is 0 Å². The molecule has 1 aromatic heterocycles. The highest BCUT2D eigenvalue weighted by Crippen LogP contribution is 2.35. The van der Waals surface area contributed by atoms with Gasteiger partial charge in [0.25, 0.3) is 0 Å². The fraction of sp³-hybridized carbons (Fsp3) is 0.545. The molecule has 7 nitrogen and oxygen atoms in total. The normalized spacial score (nSPS) is 14.9. The average Bonchev–Trinajstić information content (AvgIpc) is 2.98. The third-order valence-electron chi connectivity index (χ3n) is 2.79. The smallest absolute Gasteiger partial charge is 0.317 e. The van der Waals surface area contributed by atoms with Gasteiger partial charge in [0.05, 0.1) is 25.1 Å². The van der Waals surface area contributed by atoms with Crippen molar-refractivity contribution in [3.63, 3.8) is 0 Å². The predicted octanol–water partition coefficient (Wildman–Crippen LogP) is 0.189. The van der Waals surface area contributed by atoms with Crippen molar-refractivity contribution < 1.29 is 19.8 Å². The SMILES string of the molecule is O=C(O)CN(CC(=O)O)Cc1cncn1C1CC1. The number of rotatable bonds is 7. The summed E-state index contributed by atoms with van der Waals surface area (Å²) in [7, 11) is 0. The molecule has 1 heterocycles. The molecular formula is C11H15N3O4. The van der Waals surface area contributed by atoms with Crippen LogP contribution >= 0.6 is 0 Å². The van der Waals surface area contributed by atoms with Crippen molar-refractivity contribution in [3.05, 3.63) is 18.2 Å². The van der Waals surface area contributed by atoms with E-state index in [1.54, 1.807) is 12.5 Å². The van der Waals surface area contributed by atoms with Crippen LogP contribution in [0.15, 0.2) is 12.5 Å². The highest BCUT2D eigenvalue weighted by Gasteiger charge is 2.26. The van der Waals surface area contributed by atoms with Crippen molar-refractivity contribution in [2.24, 2.45) is 0 Å². The Morgan fingerprint density at radius 1 is 1.33 bits per heavy atom. The first kappa shape index (κ1) is 12.6. The monoisotopic (exact) mass is 253 g/mol. The highest BCUT2D eigenvalue weighted by atomic mass is 16.4. The highest BCUT2D eigenvalue weighted by molar-refractivity contribution is 5.72. The summed E-state index contributed by atoms with van der Waals surface area (Å²) in [5.41, 5.74) is 0.861. The lowest BCUT2D eigenvalue weighted by atomic mass is 10.3. The number of hydrogen-bond acceptors (Lipinski definition) is 4. The van der Waals surface area contributed by atoms with Crippen molar-refractivity contribution in [2.75, 3.05) is 13.1 Å². The minimum absolute atomic E-state index is 0.287. The Kier molecular flexibility index (Phi) is 3.61. The molecule has 18 heavy (non-hydrogen) atoms. The second kappa shape index (κ2) is 5.18. The number of aromatic nitrogens is 2. The maximum Gasteiger partial charge on any atom is 0.317 e. The van der Waals surface area contributed by atoms with Gasteiger partial charge in [0, 0.05) is 18.8 Å². The molecule has 0 atom stereocenters. The average molecular weight is 253 g/mol. The number of hydrogen-bond donors (Lipinski definition) is 2. The van der Waals surface area contributed by atoms with Gasteiger partial charge in [-0.3, -0.25) is 14.5 Å². The van der Waals surface area contributed by atoms with Crippen LogP contribution in [0.25, 0.3) is 0 Å². The Labute approximate surface area is 104 Å². The molecule has 7 heteroatoms. The van der Waals surface area contributed by atoms with E-state index in [9.17, 15) is 9.59 Å². The predicted molar refractivity (Wildman–Crippen MR) is 61.0 cm³/mol. The molecule has 0 saturated heterocycles. The molecule has 0 spiro atoms. The molecule has 1 fully saturated rings. The molecular weight excluding hydrogens is 238 g/mol.